The Morgan fingerprint density at radius 2 is 1.83 bits per heavy atom. The number of benzene rings is 2. The molecule has 0 bridgehead atoms. The predicted octanol–water partition coefficient (Wildman–Crippen LogP) is 5.99. The molecule has 0 saturated heterocycles. The maximum Gasteiger partial charge on any atom is 0.342 e. The van der Waals surface area contributed by atoms with Crippen molar-refractivity contribution in [3.8, 4) is 11.1 Å². The van der Waals surface area contributed by atoms with Gasteiger partial charge in [0.2, 0.25) is 5.91 Å². The highest BCUT2D eigenvalue weighted by Crippen LogP contribution is 2.36. The summed E-state index contributed by atoms with van der Waals surface area (Å²) < 4.78 is 5.59. The maximum absolute atomic E-state index is 13.0. The van der Waals surface area contributed by atoms with Crippen molar-refractivity contribution >= 4 is 28.2 Å². The summed E-state index contributed by atoms with van der Waals surface area (Å²) in [6.07, 6.45) is 1.50. The molecule has 0 fully saturated rings. The first-order chi connectivity index (χ1) is 13.9. The molecule has 3 rings (SSSR count). The maximum atomic E-state index is 13.0. The monoisotopic (exact) mass is 405 g/mol. The van der Waals surface area contributed by atoms with Crippen LogP contribution in [-0.4, -0.2) is 11.9 Å². The summed E-state index contributed by atoms with van der Waals surface area (Å²) in [4.78, 5) is 25.2. The standard InChI is InChI=1S/C24H23NO3S/c1-16(2)12-21(26)25-23-22(20(15-29-23)19-10-5-4-6-11-19)24(27)28-14-18-9-7-8-17(3)13-18/h4-13,15H,14H2,1-3H3,(H,25,26). The zero-order valence-electron chi connectivity index (χ0n) is 16.7. The van der Waals surface area contributed by atoms with Crippen molar-refractivity contribution < 1.29 is 14.3 Å². The van der Waals surface area contributed by atoms with E-state index in [2.05, 4.69) is 5.32 Å². The Kier molecular flexibility index (Phi) is 6.62. The third kappa shape index (κ3) is 5.42. The second-order valence-corrected chi connectivity index (χ2v) is 7.88. The number of esters is 1. The van der Waals surface area contributed by atoms with Gasteiger partial charge in [-0.2, -0.15) is 0 Å². The van der Waals surface area contributed by atoms with Gasteiger partial charge in [0.25, 0.3) is 0 Å². The minimum atomic E-state index is -0.459. The zero-order valence-corrected chi connectivity index (χ0v) is 17.5. The molecule has 1 N–H and O–H groups in total. The molecule has 0 aliphatic heterocycles. The topological polar surface area (TPSA) is 55.4 Å². The molecule has 0 atom stereocenters. The average Bonchev–Trinajstić information content (AvgIpc) is 3.09. The Morgan fingerprint density at radius 1 is 1.07 bits per heavy atom. The molecule has 148 valence electrons. The molecular weight excluding hydrogens is 382 g/mol. The fourth-order valence-electron chi connectivity index (χ4n) is 2.92. The molecule has 2 aromatic carbocycles. The summed E-state index contributed by atoms with van der Waals surface area (Å²) in [5, 5.41) is 5.18. The molecule has 0 aliphatic rings. The molecule has 4 nitrogen and oxygen atoms in total. The number of hydrogen-bond donors (Lipinski definition) is 1. The number of carbonyl (C=O) groups excluding carboxylic acids is 2. The molecule has 3 aromatic rings. The minimum Gasteiger partial charge on any atom is -0.457 e. The summed E-state index contributed by atoms with van der Waals surface area (Å²) in [6.45, 7) is 5.86. The van der Waals surface area contributed by atoms with Crippen LogP contribution in [0.1, 0.15) is 35.3 Å². The lowest BCUT2D eigenvalue weighted by Gasteiger charge is -2.10. The number of nitrogens with one attached hydrogen (secondary N) is 1. The third-order valence-electron chi connectivity index (χ3n) is 4.19. The van der Waals surface area contributed by atoms with Crippen LogP contribution in [0.4, 0.5) is 5.00 Å². The van der Waals surface area contributed by atoms with Crippen molar-refractivity contribution in [3.05, 3.63) is 88.3 Å². The van der Waals surface area contributed by atoms with Crippen LogP contribution in [0.15, 0.2) is 71.6 Å². The van der Waals surface area contributed by atoms with E-state index < -0.39 is 5.97 Å². The number of thiophene rings is 1. The summed E-state index contributed by atoms with van der Waals surface area (Å²) in [6, 6.07) is 17.4. The van der Waals surface area contributed by atoms with Crippen molar-refractivity contribution in [1.82, 2.24) is 0 Å². The summed E-state index contributed by atoms with van der Waals surface area (Å²) in [5.74, 6) is -0.724. The predicted molar refractivity (Wildman–Crippen MR) is 118 cm³/mol. The third-order valence-corrected chi connectivity index (χ3v) is 5.08. The smallest absolute Gasteiger partial charge is 0.342 e. The van der Waals surface area contributed by atoms with Gasteiger partial charge in [-0.05, 0) is 31.9 Å². The van der Waals surface area contributed by atoms with Crippen molar-refractivity contribution in [2.24, 2.45) is 0 Å². The molecule has 1 heterocycles. The number of carbonyl (C=O) groups is 2. The van der Waals surface area contributed by atoms with E-state index in [0.717, 1.165) is 27.8 Å². The van der Waals surface area contributed by atoms with Crippen LogP contribution in [0.3, 0.4) is 0 Å². The summed E-state index contributed by atoms with van der Waals surface area (Å²) in [7, 11) is 0. The molecule has 0 saturated carbocycles. The number of aryl methyl sites for hydroxylation is 1. The second-order valence-electron chi connectivity index (χ2n) is 7.00. The van der Waals surface area contributed by atoms with E-state index >= 15 is 0 Å². The van der Waals surface area contributed by atoms with E-state index in [0.29, 0.717) is 10.6 Å². The van der Waals surface area contributed by atoms with E-state index in [-0.39, 0.29) is 12.5 Å². The van der Waals surface area contributed by atoms with Crippen LogP contribution < -0.4 is 5.32 Å². The van der Waals surface area contributed by atoms with Gasteiger partial charge in [0.05, 0.1) is 0 Å². The minimum absolute atomic E-state index is 0.173. The van der Waals surface area contributed by atoms with Gasteiger partial charge in [0.15, 0.2) is 0 Å². The Morgan fingerprint density at radius 3 is 2.52 bits per heavy atom. The Bertz CT molecular complexity index is 1050. The van der Waals surface area contributed by atoms with Crippen LogP contribution in [0.2, 0.25) is 0 Å². The van der Waals surface area contributed by atoms with Crippen LogP contribution >= 0.6 is 11.3 Å². The Balaban J connectivity index is 1.90. The average molecular weight is 406 g/mol. The van der Waals surface area contributed by atoms with Crippen molar-refractivity contribution in [1.29, 1.82) is 0 Å². The van der Waals surface area contributed by atoms with Gasteiger partial charge in [-0.1, -0.05) is 65.7 Å². The van der Waals surface area contributed by atoms with E-state index in [1.807, 2.05) is 80.7 Å². The molecule has 1 amide bonds. The van der Waals surface area contributed by atoms with Gasteiger partial charge >= 0.3 is 5.97 Å². The van der Waals surface area contributed by atoms with Crippen LogP contribution in [0.5, 0.6) is 0 Å². The highest BCUT2D eigenvalue weighted by Gasteiger charge is 2.22. The van der Waals surface area contributed by atoms with Gasteiger partial charge in [-0.15, -0.1) is 11.3 Å². The molecule has 5 heteroatoms. The lowest BCUT2D eigenvalue weighted by Crippen LogP contribution is -2.13. The molecule has 29 heavy (non-hydrogen) atoms. The lowest BCUT2D eigenvalue weighted by atomic mass is 10.0. The van der Waals surface area contributed by atoms with Crippen LogP contribution in [0, 0.1) is 6.92 Å². The first-order valence-corrected chi connectivity index (χ1v) is 10.2. The number of allylic oxidation sites excluding steroid dienone is 1. The van der Waals surface area contributed by atoms with Crippen molar-refractivity contribution in [2.45, 2.75) is 27.4 Å². The molecule has 1 aromatic heterocycles. The molecule has 0 spiro atoms. The fourth-order valence-corrected chi connectivity index (χ4v) is 3.88. The van der Waals surface area contributed by atoms with Gasteiger partial charge in [0.1, 0.15) is 17.2 Å². The summed E-state index contributed by atoms with van der Waals surface area (Å²) >= 11 is 1.32. The largest absolute Gasteiger partial charge is 0.457 e. The van der Waals surface area contributed by atoms with E-state index in [1.54, 1.807) is 0 Å². The molecule has 0 unspecified atom stereocenters. The quantitative estimate of drug-likeness (QED) is 0.405. The highest BCUT2D eigenvalue weighted by molar-refractivity contribution is 7.15. The van der Waals surface area contributed by atoms with E-state index in [9.17, 15) is 9.59 Å². The van der Waals surface area contributed by atoms with E-state index in [4.69, 9.17) is 4.74 Å². The van der Waals surface area contributed by atoms with Crippen molar-refractivity contribution in [2.75, 3.05) is 5.32 Å². The molecular formula is C24H23NO3S. The van der Waals surface area contributed by atoms with Crippen LogP contribution in [-0.2, 0) is 16.1 Å². The first-order valence-electron chi connectivity index (χ1n) is 9.29. The second kappa shape index (κ2) is 9.34. The number of amides is 1. The number of anilines is 1. The molecule has 0 aliphatic carbocycles. The number of rotatable bonds is 6. The Labute approximate surface area is 174 Å². The summed E-state index contributed by atoms with van der Waals surface area (Å²) in [5.41, 5.74) is 4.93. The fraction of sp³-hybridized carbons (Fsp3) is 0.167. The van der Waals surface area contributed by atoms with Gasteiger partial charge in [0, 0.05) is 17.0 Å². The van der Waals surface area contributed by atoms with Crippen LogP contribution in [0.25, 0.3) is 11.1 Å². The lowest BCUT2D eigenvalue weighted by molar-refractivity contribution is -0.111. The number of hydrogen-bond acceptors (Lipinski definition) is 4. The van der Waals surface area contributed by atoms with Gasteiger partial charge in [-0.25, -0.2) is 4.79 Å². The van der Waals surface area contributed by atoms with Gasteiger partial charge < -0.3 is 10.1 Å². The molecule has 0 radical (unpaired) electrons. The zero-order chi connectivity index (χ0) is 20.8. The first kappa shape index (κ1) is 20.6. The Hall–Kier alpha value is -3.18. The SMILES string of the molecule is CC(C)=CC(=O)Nc1scc(-c2ccccc2)c1C(=O)OCc1cccc(C)c1. The van der Waals surface area contributed by atoms with E-state index in [1.165, 1.54) is 17.4 Å². The number of ether oxygens (including phenoxy) is 1. The normalized spacial score (nSPS) is 10.3. The highest BCUT2D eigenvalue weighted by atomic mass is 32.1. The van der Waals surface area contributed by atoms with Crippen molar-refractivity contribution in [3.63, 3.8) is 0 Å². The van der Waals surface area contributed by atoms with Gasteiger partial charge in [-0.3, -0.25) is 4.79 Å².